The molecule has 0 saturated heterocycles. The highest BCUT2D eigenvalue weighted by molar-refractivity contribution is 5.97. The first kappa shape index (κ1) is 14.9. The Balaban J connectivity index is 3.04. The third-order valence-corrected chi connectivity index (χ3v) is 2.88. The molecule has 3 N–H and O–H groups in total. The number of aryl methyl sites for hydroxylation is 1. The fourth-order valence-electron chi connectivity index (χ4n) is 1.68. The Morgan fingerprint density at radius 1 is 1.42 bits per heavy atom. The lowest BCUT2D eigenvalue weighted by Gasteiger charge is -2.14. The number of carboxylic acids is 1. The number of hydrogen-bond donors (Lipinski definition) is 3. The molecule has 1 atom stereocenters. The lowest BCUT2D eigenvalue weighted by atomic mass is 10.1. The highest BCUT2D eigenvalue weighted by Crippen LogP contribution is 2.06. The van der Waals surface area contributed by atoms with Crippen LogP contribution < -0.4 is 10.9 Å². The number of hydrogen-bond acceptors (Lipinski definition) is 4. The average Bonchev–Trinajstić information content (AvgIpc) is 2.33. The van der Waals surface area contributed by atoms with Crippen molar-refractivity contribution >= 4 is 11.9 Å². The van der Waals surface area contributed by atoms with Crippen LogP contribution in [0.4, 0.5) is 0 Å². The van der Waals surface area contributed by atoms with E-state index in [1.54, 1.807) is 13.8 Å². The third-order valence-electron chi connectivity index (χ3n) is 2.88. The maximum absolute atomic E-state index is 12.0. The van der Waals surface area contributed by atoms with E-state index in [2.05, 4.69) is 15.5 Å². The highest BCUT2D eigenvalue weighted by Gasteiger charge is 2.23. The van der Waals surface area contributed by atoms with Gasteiger partial charge in [-0.3, -0.25) is 9.59 Å². The zero-order valence-corrected chi connectivity index (χ0v) is 11.1. The first-order chi connectivity index (χ1) is 8.88. The van der Waals surface area contributed by atoms with Gasteiger partial charge in [-0.25, -0.2) is 9.89 Å². The molecule has 104 valence electrons. The summed E-state index contributed by atoms with van der Waals surface area (Å²) in [6, 6.07) is -0.996. The van der Waals surface area contributed by atoms with Gasteiger partial charge in [0.1, 0.15) is 11.6 Å². The Morgan fingerprint density at radius 3 is 2.58 bits per heavy atom. The summed E-state index contributed by atoms with van der Waals surface area (Å²) in [6.45, 7) is 5.07. The molecule has 1 aromatic rings. The average molecular weight is 267 g/mol. The lowest BCUT2D eigenvalue weighted by Crippen LogP contribution is -2.43. The van der Waals surface area contributed by atoms with Crippen molar-refractivity contribution in [3.8, 4) is 0 Å². The summed E-state index contributed by atoms with van der Waals surface area (Å²) in [5.41, 5.74) is 0.255. The van der Waals surface area contributed by atoms with Gasteiger partial charge in [-0.2, -0.15) is 5.10 Å². The second-order valence-electron chi connectivity index (χ2n) is 4.29. The van der Waals surface area contributed by atoms with Gasteiger partial charge in [0.15, 0.2) is 0 Å². The van der Waals surface area contributed by atoms with Gasteiger partial charge in [0, 0.05) is 0 Å². The fraction of sp³-hybridized carbons (Fsp3) is 0.500. The normalized spacial score (nSPS) is 11.9. The molecule has 1 amide bonds. The molecule has 0 spiro atoms. The van der Waals surface area contributed by atoms with Crippen molar-refractivity contribution in [1.29, 1.82) is 0 Å². The van der Waals surface area contributed by atoms with E-state index >= 15 is 0 Å². The molecule has 1 heterocycles. The van der Waals surface area contributed by atoms with Crippen molar-refractivity contribution in [1.82, 2.24) is 15.5 Å². The van der Waals surface area contributed by atoms with E-state index in [4.69, 9.17) is 5.11 Å². The smallest absolute Gasteiger partial charge is 0.326 e. The van der Waals surface area contributed by atoms with Crippen LogP contribution in [0.1, 0.15) is 41.4 Å². The standard InChI is InChI=1S/C12H17N3O4/c1-4-5-8(12(18)19)13-10(16)9-6(2)7(3)14-15-11(9)17/h8H,4-5H2,1-3H3,(H,13,16)(H,15,17)(H,18,19). The predicted molar refractivity (Wildman–Crippen MR) is 68.1 cm³/mol. The van der Waals surface area contributed by atoms with Crippen molar-refractivity contribution in [2.75, 3.05) is 0 Å². The third kappa shape index (κ3) is 3.40. The Kier molecular flexibility index (Phi) is 4.80. The number of aliphatic carboxylic acids is 1. The van der Waals surface area contributed by atoms with Crippen LogP contribution in [0.15, 0.2) is 4.79 Å². The number of H-pyrrole nitrogens is 1. The van der Waals surface area contributed by atoms with Gasteiger partial charge >= 0.3 is 5.97 Å². The van der Waals surface area contributed by atoms with Crippen LogP contribution in [-0.2, 0) is 4.79 Å². The number of aromatic amines is 1. The van der Waals surface area contributed by atoms with Gasteiger partial charge < -0.3 is 10.4 Å². The molecule has 1 aromatic heterocycles. The van der Waals surface area contributed by atoms with Gasteiger partial charge in [0.05, 0.1) is 5.69 Å². The number of nitrogens with one attached hydrogen (secondary N) is 2. The van der Waals surface area contributed by atoms with Gasteiger partial charge in [0.25, 0.3) is 11.5 Å². The molecular formula is C12H17N3O4. The zero-order valence-electron chi connectivity index (χ0n) is 11.1. The molecule has 0 saturated carbocycles. The van der Waals surface area contributed by atoms with Crippen LogP contribution in [0.3, 0.4) is 0 Å². The van der Waals surface area contributed by atoms with Crippen LogP contribution in [-0.4, -0.2) is 33.2 Å². The molecule has 7 heteroatoms. The van der Waals surface area contributed by atoms with Crippen molar-refractivity contribution in [3.63, 3.8) is 0 Å². The zero-order chi connectivity index (χ0) is 14.6. The minimum atomic E-state index is -1.12. The first-order valence-electron chi connectivity index (χ1n) is 5.98. The molecule has 0 aromatic carbocycles. The van der Waals surface area contributed by atoms with Crippen LogP contribution >= 0.6 is 0 Å². The van der Waals surface area contributed by atoms with E-state index in [-0.39, 0.29) is 5.56 Å². The molecule has 1 rings (SSSR count). The second-order valence-corrected chi connectivity index (χ2v) is 4.29. The molecule has 7 nitrogen and oxygen atoms in total. The summed E-state index contributed by atoms with van der Waals surface area (Å²) < 4.78 is 0. The molecule has 0 aliphatic rings. The minimum absolute atomic E-state index is 0.0881. The van der Waals surface area contributed by atoms with Crippen molar-refractivity contribution in [3.05, 3.63) is 27.2 Å². The Labute approximate surface area is 110 Å². The number of rotatable bonds is 5. The van der Waals surface area contributed by atoms with Crippen molar-refractivity contribution in [2.45, 2.75) is 39.7 Å². The first-order valence-corrected chi connectivity index (χ1v) is 5.98. The van der Waals surface area contributed by atoms with E-state index in [1.807, 2.05) is 6.92 Å². The van der Waals surface area contributed by atoms with Gasteiger partial charge in [0.2, 0.25) is 0 Å². The van der Waals surface area contributed by atoms with Crippen LogP contribution in [0.25, 0.3) is 0 Å². The molecule has 0 radical (unpaired) electrons. The second kappa shape index (κ2) is 6.12. The maximum Gasteiger partial charge on any atom is 0.326 e. The Bertz CT molecular complexity index is 550. The highest BCUT2D eigenvalue weighted by atomic mass is 16.4. The molecule has 0 aliphatic heterocycles. The summed E-state index contributed by atoms with van der Waals surface area (Å²) >= 11 is 0. The number of aromatic nitrogens is 2. The topological polar surface area (TPSA) is 112 Å². The van der Waals surface area contributed by atoms with Crippen molar-refractivity contribution in [2.24, 2.45) is 0 Å². The van der Waals surface area contributed by atoms with Crippen molar-refractivity contribution < 1.29 is 14.7 Å². The summed E-state index contributed by atoms with van der Waals surface area (Å²) in [5, 5.41) is 17.3. The number of carboxylic acid groups (broad SMARTS) is 1. The molecule has 0 fully saturated rings. The van der Waals surface area contributed by atoms with E-state index < -0.39 is 23.5 Å². The Morgan fingerprint density at radius 2 is 2.05 bits per heavy atom. The largest absolute Gasteiger partial charge is 0.480 e. The maximum atomic E-state index is 12.0. The number of carbonyl (C=O) groups excluding carboxylic acids is 1. The number of amides is 1. The predicted octanol–water partition coefficient (Wildman–Crippen LogP) is 0.370. The van der Waals surface area contributed by atoms with E-state index in [1.165, 1.54) is 0 Å². The summed E-state index contributed by atoms with van der Waals surface area (Å²) in [6.07, 6.45) is 0.921. The van der Waals surface area contributed by atoms with Crippen LogP contribution in [0, 0.1) is 13.8 Å². The summed E-state index contributed by atoms with van der Waals surface area (Å²) in [4.78, 5) is 34.6. The van der Waals surface area contributed by atoms with Gasteiger partial charge in [-0.05, 0) is 25.8 Å². The quantitative estimate of drug-likeness (QED) is 0.713. The summed E-state index contributed by atoms with van der Waals surface area (Å²) in [7, 11) is 0. The van der Waals surface area contributed by atoms with E-state index in [0.29, 0.717) is 24.1 Å². The number of carbonyl (C=O) groups is 2. The molecule has 1 unspecified atom stereocenters. The molecular weight excluding hydrogens is 250 g/mol. The summed E-state index contributed by atoms with van der Waals surface area (Å²) in [5.74, 6) is -1.81. The van der Waals surface area contributed by atoms with Gasteiger partial charge in [-0.1, -0.05) is 13.3 Å². The molecule has 0 aliphatic carbocycles. The van der Waals surface area contributed by atoms with Gasteiger partial charge in [-0.15, -0.1) is 0 Å². The Hall–Kier alpha value is -2.18. The molecule has 0 bridgehead atoms. The fourth-order valence-corrected chi connectivity index (χ4v) is 1.68. The lowest BCUT2D eigenvalue weighted by molar-refractivity contribution is -0.139. The van der Waals surface area contributed by atoms with E-state index in [9.17, 15) is 14.4 Å². The number of nitrogens with zero attached hydrogens (tertiary/aromatic N) is 1. The minimum Gasteiger partial charge on any atom is -0.480 e. The molecule has 19 heavy (non-hydrogen) atoms. The SMILES string of the molecule is CCCC(NC(=O)c1c(C)c(C)n[nH]c1=O)C(=O)O. The monoisotopic (exact) mass is 267 g/mol. The van der Waals surface area contributed by atoms with Crippen LogP contribution in [0.2, 0.25) is 0 Å². The van der Waals surface area contributed by atoms with Crippen LogP contribution in [0.5, 0.6) is 0 Å². The van der Waals surface area contributed by atoms with E-state index in [0.717, 1.165) is 0 Å².